The molecule has 0 saturated carbocycles. The van der Waals surface area contributed by atoms with E-state index in [1.807, 2.05) is 0 Å². The molecule has 2 aliphatic rings. The van der Waals surface area contributed by atoms with Crippen molar-refractivity contribution in [2.45, 2.75) is 23.8 Å². The summed E-state index contributed by atoms with van der Waals surface area (Å²) in [5.74, 6) is 0. The third-order valence-corrected chi connectivity index (χ3v) is 7.38. The van der Waals surface area contributed by atoms with Gasteiger partial charge in [0, 0.05) is 37.2 Å². The van der Waals surface area contributed by atoms with Crippen LogP contribution >= 0.6 is 11.6 Å². The minimum atomic E-state index is -3.47. The Kier molecular flexibility index (Phi) is 4.58. The van der Waals surface area contributed by atoms with Crippen LogP contribution in [0.3, 0.4) is 0 Å². The van der Waals surface area contributed by atoms with Crippen molar-refractivity contribution in [3.63, 3.8) is 0 Å². The molecule has 1 aliphatic carbocycles. The normalized spacial score (nSPS) is 22.0. The summed E-state index contributed by atoms with van der Waals surface area (Å²) in [4.78, 5) is 2.70. The van der Waals surface area contributed by atoms with E-state index in [1.54, 1.807) is 22.5 Å². The van der Waals surface area contributed by atoms with Gasteiger partial charge in [0.2, 0.25) is 10.0 Å². The number of hydrogen-bond donors (Lipinski definition) is 0. The van der Waals surface area contributed by atoms with Gasteiger partial charge in [-0.25, -0.2) is 8.42 Å². The van der Waals surface area contributed by atoms with E-state index in [0.29, 0.717) is 24.2 Å². The zero-order valence-corrected chi connectivity index (χ0v) is 15.5. The number of fused-ring (bicyclic) bond motifs is 1. The van der Waals surface area contributed by atoms with Gasteiger partial charge in [0.05, 0.1) is 4.90 Å². The second kappa shape index (κ2) is 6.72. The molecule has 0 radical (unpaired) electrons. The molecule has 2 aromatic carbocycles. The van der Waals surface area contributed by atoms with E-state index in [2.05, 4.69) is 29.2 Å². The van der Waals surface area contributed by atoms with E-state index < -0.39 is 10.0 Å². The molecule has 1 heterocycles. The summed E-state index contributed by atoms with van der Waals surface area (Å²) in [5, 5.41) is 0.447. The van der Waals surface area contributed by atoms with Gasteiger partial charge in [0.1, 0.15) is 0 Å². The molecule has 1 atom stereocenters. The lowest BCUT2D eigenvalue weighted by atomic mass is 10.1. The number of piperazine rings is 1. The molecule has 4 rings (SSSR count). The minimum absolute atomic E-state index is 0.277. The van der Waals surface area contributed by atoms with Gasteiger partial charge >= 0.3 is 0 Å². The fourth-order valence-electron chi connectivity index (χ4n) is 3.95. The van der Waals surface area contributed by atoms with E-state index in [1.165, 1.54) is 17.2 Å². The first-order valence-electron chi connectivity index (χ1n) is 8.63. The van der Waals surface area contributed by atoms with Crippen LogP contribution in [-0.2, 0) is 16.4 Å². The van der Waals surface area contributed by atoms with Gasteiger partial charge in [-0.15, -0.1) is 0 Å². The van der Waals surface area contributed by atoms with Gasteiger partial charge in [-0.05, 0) is 42.2 Å². The molecule has 1 unspecified atom stereocenters. The maximum Gasteiger partial charge on any atom is 0.243 e. The Bertz CT molecular complexity index is 876. The molecule has 0 aromatic heterocycles. The maximum atomic E-state index is 12.8. The lowest BCUT2D eigenvalue weighted by Crippen LogP contribution is -2.49. The summed E-state index contributed by atoms with van der Waals surface area (Å²) in [7, 11) is -3.47. The van der Waals surface area contributed by atoms with Crippen LogP contribution in [0.5, 0.6) is 0 Å². The van der Waals surface area contributed by atoms with Gasteiger partial charge in [0.25, 0.3) is 0 Å². The van der Waals surface area contributed by atoms with Crippen molar-refractivity contribution in [1.82, 2.24) is 9.21 Å². The largest absolute Gasteiger partial charge is 0.294 e. The fourth-order valence-corrected chi connectivity index (χ4v) is 5.67. The van der Waals surface area contributed by atoms with Crippen LogP contribution in [0.4, 0.5) is 0 Å². The van der Waals surface area contributed by atoms with Gasteiger partial charge in [-0.3, -0.25) is 4.90 Å². The molecule has 4 nitrogen and oxygen atoms in total. The molecular formula is C19H21ClN2O2S. The Balaban J connectivity index is 1.47. The second-order valence-corrected chi connectivity index (χ2v) is 9.03. The predicted octanol–water partition coefficient (Wildman–Crippen LogP) is 3.33. The Labute approximate surface area is 154 Å². The molecule has 2 aromatic rings. The van der Waals surface area contributed by atoms with Crippen LogP contribution in [0.2, 0.25) is 5.02 Å². The summed E-state index contributed by atoms with van der Waals surface area (Å²) >= 11 is 5.96. The van der Waals surface area contributed by atoms with Crippen molar-refractivity contribution in [2.75, 3.05) is 26.2 Å². The van der Waals surface area contributed by atoms with Gasteiger partial charge in [0.15, 0.2) is 0 Å². The van der Waals surface area contributed by atoms with Crippen molar-refractivity contribution in [3.05, 3.63) is 64.7 Å². The average Bonchev–Trinajstić information content (AvgIpc) is 3.06. The molecular weight excluding hydrogens is 356 g/mol. The number of nitrogens with zero attached hydrogens (tertiary/aromatic N) is 2. The van der Waals surface area contributed by atoms with E-state index in [0.717, 1.165) is 25.9 Å². The minimum Gasteiger partial charge on any atom is -0.294 e. The van der Waals surface area contributed by atoms with E-state index in [-0.39, 0.29) is 4.90 Å². The molecule has 132 valence electrons. The Hall–Kier alpha value is -1.40. The molecule has 6 heteroatoms. The zero-order valence-electron chi connectivity index (χ0n) is 13.9. The Morgan fingerprint density at radius 3 is 2.48 bits per heavy atom. The van der Waals surface area contributed by atoms with Gasteiger partial charge < -0.3 is 0 Å². The standard InChI is InChI=1S/C19H21ClN2O2S/c20-16-5-3-6-17(14-16)25(23,24)22-12-10-21(11-13-22)19-9-8-15-4-1-2-7-18(15)19/h1-7,14,19H,8-13H2. The molecule has 1 fully saturated rings. The first-order valence-corrected chi connectivity index (χ1v) is 10.4. The number of benzene rings is 2. The molecule has 0 spiro atoms. The van der Waals surface area contributed by atoms with Crippen LogP contribution in [0.1, 0.15) is 23.6 Å². The quantitative estimate of drug-likeness (QED) is 0.825. The molecule has 1 saturated heterocycles. The SMILES string of the molecule is O=S(=O)(c1cccc(Cl)c1)N1CCN(C2CCc3ccccc32)CC1. The highest BCUT2D eigenvalue weighted by molar-refractivity contribution is 7.89. The third-order valence-electron chi connectivity index (χ3n) is 5.25. The fraction of sp³-hybridized carbons (Fsp3) is 0.368. The molecule has 0 bridgehead atoms. The lowest BCUT2D eigenvalue weighted by Gasteiger charge is -2.37. The zero-order chi connectivity index (χ0) is 17.4. The smallest absolute Gasteiger partial charge is 0.243 e. The summed E-state index contributed by atoms with van der Waals surface area (Å²) in [6.45, 7) is 2.57. The molecule has 0 N–H and O–H groups in total. The summed E-state index contributed by atoms with van der Waals surface area (Å²) < 4.78 is 27.2. The first kappa shape index (κ1) is 17.0. The summed E-state index contributed by atoms with van der Waals surface area (Å²) in [6, 6.07) is 15.5. The van der Waals surface area contributed by atoms with Crippen LogP contribution in [0.25, 0.3) is 0 Å². The van der Waals surface area contributed by atoms with Crippen molar-refractivity contribution in [1.29, 1.82) is 0 Å². The number of aryl methyl sites for hydroxylation is 1. The lowest BCUT2D eigenvalue weighted by molar-refractivity contribution is 0.137. The topological polar surface area (TPSA) is 40.6 Å². The maximum absolute atomic E-state index is 12.8. The number of rotatable bonds is 3. The molecule has 0 amide bonds. The van der Waals surface area contributed by atoms with Crippen molar-refractivity contribution >= 4 is 21.6 Å². The van der Waals surface area contributed by atoms with Crippen LogP contribution in [0.15, 0.2) is 53.4 Å². The monoisotopic (exact) mass is 376 g/mol. The van der Waals surface area contributed by atoms with E-state index in [9.17, 15) is 8.42 Å². The molecule has 25 heavy (non-hydrogen) atoms. The van der Waals surface area contributed by atoms with Crippen LogP contribution in [-0.4, -0.2) is 43.8 Å². The Morgan fingerprint density at radius 1 is 0.960 bits per heavy atom. The highest BCUT2D eigenvalue weighted by atomic mass is 35.5. The highest BCUT2D eigenvalue weighted by Crippen LogP contribution is 2.36. The highest BCUT2D eigenvalue weighted by Gasteiger charge is 2.33. The van der Waals surface area contributed by atoms with Crippen LogP contribution in [0, 0.1) is 0 Å². The predicted molar refractivity (Wildman–Crippen MR) is 99.3 cm³/mol. The van der Waals surface area contributed by atoms with Crippen molar-refractivity contribution in [3.8, 4) is 0 Å². The van der Waals surface area contributed by atoms with Crippen molar-refractivity contribution in [2.24, 2.45) is 0 Å². The number of sulfonamides is 1. The number of halogens is 1. The molecule has 1 aliphatic heterocycles. The van der Waals surface area contributed by atoms with Gasteiger partial charge in [-0.1, -0.05) is 41.9 Å². The number of hydrogen-bond acceptors (Lipinski definition) is 3. The van der Waals surface area contributed by atoms with Crippen molar-refractivity contribution < 1.29 is 8.42 Å². The van der Waals surface area contributed by atoms with Gasteiger partial charge in [-0.2, -0.15) is 4.31 Å². The first-order chi connectivity index (χ1) is 12.1. The third kappa shape index (κ3) is 3.22. The van der Waals surface area contributed by atoms with E-state index >= 15 is 0 Å². The summed E-state index contributed by atoms with van der Waals surface area (Å²) in [5.41, 5.74) is 2.84. The second-order valence-electron chi connectivity index (χ2n) is 6.65. The Morgan fingerprint density at radius 2 is 1.72 bits per heavy atom. The van der Waals surface area contributed by atoms with Crippen LogP contribution < -0.4 is 0 Å². The average molecular weight is 377 g/mol. The summed E-state index contributed by atoms with van der Waals surface area (Å²) in [6.07, 6.45) is 2.24. The van der Waals surface area contributed by atoms with E-state index in [4.69, 9.17) is 11.6 Å².